The summed E-state index contributed by atoms with van der Waals surface area (Å²) in [7, 11) is 0. The molecule has 2 amide bonds. The van der Waals surface area contributed by atoms with E-state index in [1.54, 1.807) is 0 Å². The Balaban J connectivity index is 1.94. The van der Waals surface area contributed by atoms with Crippen molar-refractivity contribution in [3.63, 3.8) is 0 Å². The number of carbonyl (C=O) groups excluding carboxylic acids is 1. The quantitative estimate of drug-likeness (QED) is 0.698. The Hall–Kier alpha value is -3.33. The van der Waals surface area contributed by atoms with Crippen molar-refractivity contribution in [1.82, 2.24) is 10.6 Å². The molecule has 3 nitrogen and oxygen atoms in total. The van der Waals surface area contributed by atoms with E-state index in [1.165, 1.54) is 5.56 Å². The highest BCUT2D eigenvalue weighted by Crippen LogP contribution is 2.37. The van der Waals surface area contributed by atoms with Gasteiger partial charge in [-0.05, 0) is 23.6 Å². The van der Waals surface area contributed by atoms with E-state index in [-0.39, 0.29) is 12.1 Å². The van der Waals surface area contributed by atoms with Crippen LogP contribution in [0.3, 0.4) is 0 Å². The summed E-state index contributed by atoms with van der Waals surface area (Å²) in [5.74, 6) is 0. The largest absolute Gasteiger partial charge is 0.327 e. The molecule has 0 bridgehead atoms. The lowest BCUT2D eigenvalue weighted by Crippen LogP contribution is -2.42. The summed E-state index contributed by atoms with van der Waals surface area (Å²) in [4.78, 5) is 12.4. The number of carbonyl (C=O) groups is 1. The van der Waals surface area contributed by atoms with E-state index in [4.69, 9.17) is 0 Å². The predicted octanol–water partition coefficient (Wildman–Crippen LogP) is 4.92. The Morgan fingerprint density at radius 3 is 1.92 bits per heavy atom. The molecule has 1 aliphatic rings. The van der Waals surface area contributed by atoms with Crippen molar-refractivity contribution in [3.05, 3.63) is 107 Å². The standard InChI is InChI=1S/C23H20N2O/c1-16-12-14-19(15-13-16)22-20(17-8-4-2-5-9-17)21(24-23(26)25-22)18-10-6-3-7-11-18/h2-15,22H,1H3,(H2,24,25,26). The summed E-state index contributed by atoms with van der Waals surface area (Å²) in [6, 6.07) is 28.1. The third-order valence-electron chi connectivity index (χ3n) is 4.63. The van der Waals surface area contributed by atoms with Crippen LogP contribution < -0.4 is 10.6 Å². The normalized spacial score (nSPS) is 16.8. The van der Waals surface area contributed by atoms with Crippen molar-refractivity contribution in [2.75, 3.05) is 0 Å². The lowest BCUT2D eigenvalue weighted by Gasteiger charge is -2.31. The maximum atomic E-state index is 12.4. The Kier molecular flexibility index (Phi) is 4.28. The van der Waals surface area contributed by atoms with Crippen LogP contribution in [-0.4, -0.2) is 6.03 Å². The number of urea groups is 1. The van der Waals surface area contributed by atoms with E-state index in [2.05, 4.69) is 54.0 Å². The van der Waals surface area contributed by atoms with Crippen LogP contribution >= 0.6 is 0 Å². The Labute approximate surface area is 153 Å². The van der Waals surface area contributed by atoms with E-state index in [0.717, 1.165) is 28.0 Å². The van der Waals surface area contributed by atoms with E-state index in [0.29, 0.717) is 0 Å². The van der Waals surface area contributed by atoms with Gasteiger partial charge in [0, 0.05) is 5.57 Å². The van der Waals surface area contributed by atoms with Crippen LogP contribution in [0.4, 0.5) is 4.79 Å². The third-order valence-corrected chi connectivity index (χ3v) is 4.63. The average molecular weight is 340 g/mol. The highest BCUT2D eigenvalue weighted by Gasteiger charge is 2.29. The molecule has 0 saturated heterocycles. The molecule has 3 aromatic carbocycles. The average Bonchev–Trinajstić information content (AvgIpc) is 2.69. The zero-order valence-corrected chi connectivity index (χ0v) is 14.6. The van der Waals surface area contributed by atoms with E-state index >= 15 is 0 Å². The second kappa shape index (κ2) is 6.89. The molecule has 26 heavy (non-hydrogen) atoms. The zero-order chi connectivity index (χ0) is 17.9. The molecule has 0 saturated carbocycles. The minimum Gasteiger partial charge on any atom is -0.327 e. The highest BCUT2D eigenvalue weighted by molar-refractivity contribution is 6.02. The van der Waals surface area contributed by atoms with Gasteiger partial charge < -0.3 is 10.6 Å². The van der Waals surface area contributed by atoms with Crippen molar-refractivity contribution in [1.29, 1.82) is 0 Å². The van der Waals surface area contributed by atoms with Gasteiger partial charge in [-0.2, -0.15) is 0 Å². The molecule has 128 valence electrons. The van der Waals surface area contributed by atoms with Gasteiger partial charge in [-0.1, -0.05) is 90.5 Å². The molecule has 0 spiro atoms. The smallest absolute Gasteiger partial charge is 0.320 e. The zero-order valence-electron chi connectivity index (χ0n) is 14.6. The molecule has 1 aliphatic heterocycles. The monoisotopic (exact) mass is 340 g/mol. The first-order valence-electron chi connectivity index (χ1n) is 8.71. The number of hydrogen-bond donors (Lipinski definition) is 2. The Bertz CT molecular complexity index is 945. The molecule has 3 aromatic rings. The predicted molar refractivity (Wildman–Crippen MR) is 105 cm³/mol. The molecule has 1 atom stereocenters. The van der Waals surface area contributed by atoms with Crippen LogP contribution in [0.2, 0.25) is 0 Å². The number of nitrogens with one attached hydrogen (secondary N) is 2. The fourth-order valence-electron chi connectivity index (χ4n) is 3.33. The minimum absolute atomic E-state index is 0.186. The lowest BCUT2D eigenvalue weighted by molar-refractivity contribution is 0.242. The summed E-state index contributed by atoms with van der Waals surface area (Å²) in [6.07, 6.45) is 0. The lowest BCUT2D eigenvalue weighted by atomic mass is 9.87. The van der Waals surface area contributed by atoms with Gasteiger partial charge in [-0.25, -0.2) is 4.79 Å². The fraction of sp³-hybridized carbons (Fsp3) is 0.0870. The van der Waals surface area contributed by atoms with Crippen molar-refractivity contribution < 1.29 is 4.79 Å². The first-order valence-corrected chi connectivity index (χ1v) is 8.71. The number of aryl methyl sites for hydroxylation is 1. The molecule has 0 aliphatic carbocycles. The molecule has 1 unspecified atom stereocenters. The van der Waals surface area contributed by atoms with E-state index in [9.17, 15) is 4.79 Å². The second-order valence-electron chi connectivity index (χ2n) is 6.46. The van der Waals surface area contributed by atoms with Gasteiger partial charge in [0.05, 0.1) is 11.7 Å². The van der Waals surface area contributed by atoms with Gasteiger partial charge >= 0.3 is 6.03 Å². The summed E-state index contributed by atoms with van der Waals surface area (Å²) < 4.78 is 0. The molecule has 0 aromatic heterocycles. The van der Waals surface area contributed by atoms with Crippen molar-refractivity contribution in [2.24, 2.45) is 0 Å². The van der Waals surface area contributed by atoms with Crippen LogP contribution in [0.5, 0.6) is 0 Å². The fourth-order valence-corrected chi connectivity index (χ4v) is 3.33. The van der Waals surface area contributed by atoms with Crippen molar-refractivity contribution in [3.8, 4) is 0 Å². The van der Waals surface area contributed by atoms with Crippen LogP contribution in [0.25, 0.3) is 11.3 Å². The molecule has 3 heteroatoms. The van der Waals surface area contributed by atoms with Gasteiger partial charge in [0.2, 0.25) is 0 Å². The minimum atomic E-state index is -0.207. The summed E-state index contributed by atoms with van der Waals surface area (Å²) >= 11 is 0. The first-order chi connectivity index (χ1) is 12.7. The summed E-state index contributed by atoms with van der Waals surface area (Å²) in [5, 5.41) is 6.11. The van der Waals surface area contributed by atoms with Gasteiger partial charge in [-0.3, -0.25) is 0 Å². The van der Waals surface area contributed by atoms with Crippen molar-refractivity contribution >= 4 is 17.3 Å². The van der Waals surface area contributed by atoms with Crippen LogP contribution in [0, 0.1) is 6.92 Å². The molecule has 0 fully saturated rings. The molecular weight excluding hydrogens is 320 g/mol. The van der Waals surface area contributed by atoms with Gasteiger partial charge in [-0.15, -0.1) is 0 Å². The van der Waals surface area contributed by atoms with Crippen LogP contribution in [0.15, 0.2) is 84.9 Å². The molecule has 2 N–H and O–H groups in total. The highest BCUT2D eigenvalue weighted by atomic mass is 16.2. The third kappa shape index (κ3) is 3.11. The summed E-state index contributed by atoms with van der Waals surface area (Å²) in [6.45, 7) is 2.06. The Morgan fingerprint density at radius 2 is 1.31 bits per heavy atom. The van der Waals surface area contributed by atoms with Gasteiger partial charge in [0.1, 0.15) is 0 Å². The summed E-state index contributed by atoms with van der Waals surface area (Å²) in [5.41, 5.74) is 6.27. The Morgan fingerprint density at radius 1 is 0.731 bits per heavy atom. The molecular formula is C23H20N2O. The number of benzene rings is 3. The van der Waals surface area contributed by atoms with Gasteiger partial charge in [0.25, 0.3) is 0 Å². The van der Waals surface area contributed by atoms with E-state index in [1.807, 2.05) is 48.5 Å². The van der Waals surface area contributed by atoms with Gasteiger partial charge in [0.15, 0.2) is 0 Å². The van der Waals surface area contributed by atoms with Crippen LogP contribution in [0.1, 0.15) is 28.3 Å². The van der Waals surface area contributed by atoms with Crippen molar-refractivity contribution in [2.45, 2.75) is 13.0 Å². The molecule has 1 heterocycles. The number of hydrogen-bond acceptors (Lipinski definition) is 1. The number of rotatable bonds is 3. The number of amides is 2. The maximum absolute atomic E-state index is 12.4. The maximum Gasteiger partial charge on any atom is 0.320 e. The molecule has 0 radical (unpaired) electrons. The topological polar surface area (TPSA) is 41.1 Å². The molecule has 4 rings (SSSR count). The van der Waals surface area contributed by atoms with E-state index < -0.39 is 0 Å². The second-order valence-corrected chi connectivity index (χ2v) is 6.46. The SMILES string of the molecule is Cc1ccc(C2NC(=O)NC(c3ccccc3)=C2c2ccccc2)cc1. The first kappa shape index (κ1) is 16.2. The van der Waals surface area contributed by atoms with Crippen LogP contribution in [-0.2, 0) is 0 Å².